The summed E-state index contributed by atoms with van der Waals surface area (Å²) in [7, 11) is -1.61. The Balaban J connectivity index is 4.74. The fourth-order valence-electron chi connectivity index (χ4n) is 1.87. The van der Waals surface area contributed by atoms with Crippen molar-refractivity contribution in [2.45, 2.75) is 65.1 Å². The summed E-state index contributed by atoms with van der Waals surface area (Å²) in [5.41, 5.74) is -0.102. The van der Waals surface area contributed by atoms with Crippen LogP contribution in [0.5, 0.6) is 0 Å². The fourth-order valence-corrected chi connectivity index (χ4v) is 4.16. The zero-order valence-corrected chi connectivity index (χ0v) is 12.4. The van der Waals surface area contributed by atoms with Crippen LogP contribution in [0.2, 0.25) is 19.6 Å². The minimum Gasteiger partial charge on any atom is -0.466 e. The van der Waals surface area contributed by atoms with Crippen LogP contribution in [0, 0.1) is 5.92 Å². The molecular formula is C12H26O3Si. The highest BCUT2D eigenvalue weighted by atomic mass is 28.3. The Labute approximate surface area is 100 Å². The van der Waals surface area contributed by atoms with Crippen LogP contribution >= 0.6 is 0 Å². The van der Waals surface area contributed by atoms with Gasteiger partial charge >= 0.3 is 5.97 Å². The van der Waals surface area contributed by atoms with Crippen LogP contribution in [0.3, 0.4) is 0 Å². The van der Waals surface area contributed by atoms with E-state index >= 15 is 0 Å². The molecule has 0 spiro atoms. The van der Waals surface area contributed by atoms with E-state index in [0.717, 1.165) is 0 Å². The molecule has 0 saturated carbocycles. The second-order valence-corrected chi connectivity index (χ2v) is 10.8. The largest absolute Gasteiger partial charge is 0.466 e. The van der Waals surface area contributed by atoms with Crippen molar-refractivity contribution in [1.82, 2.24) is 0 Å². The Kier molecular flexibility index (Phi) is 6.26. The smallest absolute Gasteiger partial charge is 0.305 e. The second-order valence-electron chi connectivity index (χ2n) is 5.46. The number of ether oxygens (including phenoxy) is 1. The lowest BCUT2D eigenvalue weighted by Crippen LogP contribution is -2.49. The lowest BCUT2D eigenvalue weighted by molar-refractivity contribution is -0.148. The molecule has 0 aliphatic heterocycles. The maximum atomic E-state index is 11.4. The molecule has 0 aromatic rings. The molecule has 0 radical (unpaired) electrons. The van der Waals surface area contributed by atoms with Crippen LogP contribution in [0.15, 0.2) is 0 Å². The quantitative estimate of drug-likeness (QED) is 0.579. The molecule has 0 fully saturated rings. The van der Waals surface area contributed by atoms with E-state index in [4.69, 9.17) is 4.74 Å². The highest BCUT2D eigenvalue weighted by molar-refractivity contribution is 6.77. The average Bonchev–Trinajstić information content (AvgIpc) is 2.21. The molecule has 0 aromatic heterocycles. The predicted molar refractivity (Wildman–Crippen MR) is 69.0 cm³/mol. The van der Waals surface area contributed by atoms with E-state index in [0.29, 0.717) is 12.8 Å². The molecule has 96 valence electrons. The molecule has 4 heteroatoms. The zero-order valence-electron chi connectivity index (χ0n) is 11.4. The summed E-state index contributed by atoms with van der Waals surface area (Å²) in [5.74, 6) is -0.144. The number of hydrogen-bond acceptors (Lipinski definition) is 3. The highest BCUT2D eigenvalue weighted by Crippen LogP contribution is 2.24. The van der Waals surface area contributed by atoms with Gasteiger partial charge < -0.3 is 9.84 Å². The number of rotatable bonds is 6. The third-order valence-corrected chi connectivity index (χ3v) is 5.25. The number of carbonyl (C=O) groups is 1. The van der Waals surface area contributed by atoms with E-state index < -0.39 is 8.07 Å². The van der Waals surface area contributed by atoms with E-state index in [9.17, 15) is 9.90 Å². The Hall–Kier alpha value is -0.353. The van der Waals surface area contributed by atoms with Gasteiger partial charge in [-0.25, -0.2) is 0 Å². The monoisotopic (exact) mass is 246 g/mol. The van der Waals surface area contributed by atoms with Crippen LogP contribution in [0.25, 0.3) is 0 Å². The normalized spacial score (nSPS) is 17.7. The summed E-state index contributed by atoms with van der Waals surface area (Å²) >= 11 is 0. The van der Waals surface area contributed by atoms with Crippen molar-refractivity contribution in [3.8, 4) is 0 Å². The Bertz CT molecular complexity index is 223. The molecule has 0 unspecified atom stereocenters. The summed E-state index contributed by atoms with van der Waals surface area (Å²) in [4.78, 5) is 11.4. The molecule has 1 N–H and O–H groups in total. The summed E-state index contributed by atoms with van der Waals surface area (Å²) < 4.78 is 5.51. The van der Waals surface area contributed by atoms with E-state index in [-0.39, 0.29) is 23.7 Å². The van der Waals surface area contributed by atoms with Gasteiger partial charge in [-0.15, -0.1) is 0 Å². The van der Waals surface area contributed by atoms with Crippen LogP contribution < -0.4 is 0 Å². The molecule has 3 atom stereocenters. The molecule has 3 nitrogen and oxygen atoms in total. The maximum absolute atomic E-state index is 11.4. The summed E-state index contributed by atoms with van der Waals surface area (Å²) in [6, 6.07) is 0. The van der Waals surface area contributed by atoms with Gasteiger partial charge in [0.05, 0.1) is 19.9 Å². The van der Waals surface area contributed by atoms with Gasteiger partial charge in [-0.05, 0) is 6.42 Å². The fraction of sp³-hybridized carbons (Fsp3) is 0.917. The van der Waals surface area contributed by atoms with Crippen molar-refractivity contribution >= 4 is 14.0 Å². The van der Waals surface area contributed by atoms with Crippen molar-refractivity contribution in [1.29, 1.82) is 0 Å². The third kappa shape index (κ3) is 4.66. The molecule has 16 heavy (non-hydrogen) atoms. The van der Waals surface area contributed by atoms with Crippen LogP contribution in [-0.2, 0) is 9.53 Å². The Morgan fingerprint density at radius 3 is 2.12 bits per heavy atom. The summed E-state index contributed by atoms with van der Waals surface area (Å²) in [6.45, 7) is 12.2. The molecule has 0 aromatic carbocycles. The van der Waals surface area contributed by atoms with E-state index in [1.165, 1.54) is 0 Å². The predicted octanol–water partition coefficient (Wildman–Crippen LogP) is 2.59. The first-order chi connectivity index (χ1) is 7.23. The molecular weight excluding hydrogens is 220 g/mol. The van der Waals surface area contributed by atoms with Gasteiger partial charge in [0, 0.05) is 12.3 Å². The molecule has 0 aliphatic rings. The average molecular weight is 246 g/mol. The molecule has 0 rings (SSSR count). The second kappa shape index (κ2) is 6.40. The van der Waals surface area contributed by atoms with Crippen molar-refractivity contribution in [3.63, 3.8) is 0 Å². The molecule has 0 bridgehead atoms. The van der Waals surface area contributed by atoms with Crippen molar-refractivity contribution in [2.75, 3.05) is 0 Å². The first-order valence-corrected chi connectivity index (χ1v) is 9.69. The lowest BCUT2D eigenvalue weighted by atomic mass is 10.0. The maximum Gasteiger partial charge on any atom is 0.305 e. The number of aliphatic hydroxyl groups excluding tert-OH is 1. The first kappa shape index (κ1) is 15.6. The van der Waals surface area contributed by atoms with Gasteiger partial charge in [-0.1, -0.05) is 40.4 Å². The Morgan fingerprint density at radius 1 is 1.31 bits per heavy atom. The number of carbonyl (C=O) groups excluding carboxylic acids is 1. The number of esters is 1. The van der Waals surface area contributed by atoms with Crippen molar-refractivity contribution < 1.29 is 14.6 Å². The highest BCUT2D eigenvalue weighted by Gasteiger charge is 2.37. The minimum absolute atomic E-state index is 0.0205. The standard InChI is InChI=1S/C12H26O3Si/c1-7-10(13)9(3)12(16(4,5)6)15-11(14)8-2/h9-10,12-13H,7-8H2,1-6H3/t9-,10-,12-/m0/s1. The summed E-state index contributed by atoms with van der Waals surface area (Å²) in [5, 5.41) is 9.88. The van der Waals surface area contributed by atoms with Crippen LogP contribution in [0.1, 0.15) is 33.6 Å². The molecule has 0 saturated heterocycles. The third-order valence-electron chi connectivity index (χ3n) is 2.90. The zero-order chi connectivity index (χ0) is 12.9. The molecule has 0 aliphatic carbocycles. The minimum atomic E-state index is -1.61. The van der Waals surface area contributed by atoms with Crippen molar-refractivity contribution in [2.24, 2.45) is 5.92 Å². The van der Waals surface area contributed by atoms with Gasteiger partial charge in [-0.3, -0.25) is 4.79 Å². The van der Waals surface area contributed by atoms with Gasteiger partial charge in [0.25, 0.3) is 0 Å². The van der Waals surface area contributed by atoms with Crippen LogP contribution in [-0.4, -0.2) is 31.0 Å². The SMILES string of the molecule is CCC(=O)O[C@H]([C@@H](C)[C@@H](O)CC)[Si](C)(C)C. The van der Waals surface area contributed by atoms with E-state index in [1.807, 2.05) is 13.8 Å². The summed E-state index contributed by atoms with van der Waals surface area (Å²) in [6.07, 6.45) is 0.711. The van der Waals surface area contributed by atoms with Gasteiger partial charge in [0.2, 0.25) is 0 Å². The molecule has 0 amide bonds. The van der Waals surface area contributed by atoms with Gasteiger partial charge in [0.1, 0.15) is 0 Å². The van der Waals surface area contributed by atoms with Crippen LogP contribution in [0.4, 0.5) is 0 Å². The lowest BCUT2D eigenvalue weighted by Gasteiger charge is -2.35. The van der Waals surface area contributed by atoms with E-state index in [2.05, 4.69) is 19.6 Å². The van der Waals surface area contributed by atoms with E-state index in [1.54, 1.807) is 6.92 Å². The first-order valence-electron chi connectivity index (χ1n) is 6.11. The topological polar surface area (TPSA) is 46.5 Å². The van der Waals surface area contributed by atoms with Gasteiger partial charge in [-0.2, -0.15) is 0 Å². The van der Waals surface area contributed by atoms with Gasteiger partial charge in [0.15, 0.2) is 0 Å². The number of aliphatic hydroxyl groups is 1. The molecule has 0 heterocycles. The number of hydrogen-bond donors (Lipinski definition) is 1. The Morgan fingerprint density at radius 2 is 1.81 bits per heavy atom. The van der Waals surface area contributed by atoms with Crippen molar-refractivity contribution in [3.05, 3.63) is 0 Å².